The van der Waals surface area contributed by atoms with Gasteiger partial charge in [-0.25, -0.2) is 0 Å². The Morgan fingerprint density at radius 1 is 1.19 bits per heavy atom. The molecule has 3 nitrogen and oxygen atoms in total. The second-order valence-corrected chi connectivity index (χ2v) is 5.94. The summed E-state index contributed by atoms with van der Waals surface area (Å²) in [5, 5.41) is 3.51. The van der Waals surface area contributed by atoms with Gasteiger partial charge in [0.25, 0.3) is 0 Å². The Balaban J connectivity index is 1.76. The van der Waals surface area contributed by atoms with Crippen molar-refractivity contribution in [2.75, 3.05) is 46.8 Å². The molecule has 2 rings (SSSR count). The van der Waals surface area contributed by atoms with Crippen LogP contribution in [0.2, 0.25) is 0 Å². The molecule has 2 unspecified atom stereocenters. The van der Waals surface area contributed by atoms with Crippen molar-refractivity contribution in [1.29, 1.82) is 0 Å². The fraction of sp³-hybridized carbons (Fsp3) is 1.00. The zero-order valence-electron chi connectivity index (χ0n) is 11.1. The van der Waals surface area contributed by atoms with E-state index in [2.05, 4.69) is 36.1 Å². The largest absolute Gasteiger partial charge is 0.315 e. The summed E-state index contributed by atoms with van der Waals surface area (Å²) in [7, 11) is 4.38. The molecule has 0 aromatic heterocycles. The summed E-state index contributed by atoms with van der Waals surface area (Å²) in [5.41, 5.74) is 0. The van der Waals surface area contributed by atoms with Crippen molar-refractivity contribution in [2.45, 2.75) is 25.8 Å². The van der Waals surface area contributed by atoms with Crippen LogP contribution in [0.4, 0.5) is 0 Å². The molecule has 16 heavy (non-hydrogen) atoms. The van der Waals surface area contributed by atoms with Crippen molar-refractivity contribution in [3.05, 3.63) is 0 Å². The minimum absolute atomic E-state index is 0.806. The van der Waals surface area contributed by atoms with E-state index in [1.54, 1.807) is 0 Å². The Kier molecular flexibility index (Phi) is 4.22. The summed E-state index contributed by atoms with van der Waals surface area (Å²) in [4.78, 5) is 5.05. The Labute approximate surface area is 100 Å². The van der Waals surface area contributed by atoms with E-state index in [4.69, 9.17) is 0 Å². The summed E-state index contributed by atoms with van der Waals surface area (Å²) in [6.45, 7) is 8.70. The summed E-state index contributed by atoms with van der Waals surface area (Å²) in [5.74, 6) is 1.77. The van der Waals surface area contributed by atoms with Gasteiger partial charge in [-0.15, -0.1) is 0 Å². The summed E-state index contributed by atoms with van der Waals surface area (Å²) >= 11 is 0. The molecule has 2 atom stereocenters. The molecule has 2 saturated heterocycles. The molecule has 2 aliphatic rings. The van der Waals surface area contributed by atoms with Crippen molar-refractivity contribution in [1.82, 2.24) is 15.1 Å². The van der Waals surface area contributed by atoms with E-state index in [1.165, 1.54) is 45.6 Å². The first-order valence-electron chi connectivity index (χ1n) is 6.76. The molecule has 0 amide bonds. The number of nitrogens with zero attached hydrogens (tertiary/aromatic N) is 2. The van der Waals surface area contributed by atoms with Gasteiger partial charge in [0.15, 0.2) is 0 Å². The van der Waals surface area contributed by atoms with Gasteiger partial charge in [-0.05, 0) is 58.4 Å². The lowest BCUT2D eigenvalue weighted by Gasteiger charge is -2.38. The van der Waals surface area contributed by atoms with Crippen molar-refractivity contribution < 1.29 is 0 Å². The fourth-order valence-electron chi connectivity index (χ4n) is 3.27. The smallest absolute Gasteiger partial charge is 0.0258 e. The maximum atomic E-state index is 3.51. The first-order valence-corrected chi connectivity index (χ1v) is 6.76. The van der Waals surface area contributed by atoms with Gasteiger partial charge in [-0.1, -0.05) is 6.92 Å². The molecule has 0 aromatic carbocycles. The average molecular weight is 225 g/mol. The van der Waals surface area contributed by atoms with Gasteiger partial charge in [0.2, 0.25) is 0 Å². The second-order valence-electron chi connectivity index (χ2n) is 5.94. The first-order chi connectivity index (χ1) is 7.66. The molecule has 0 spiro atoms. The fourth-order valence-corrected chi connectivity index (χ4v) is 3.27. The topological polar surface area (TPSA) is 18.5 Å². The number of piperidine rings is 1. The van der Waals surface area contributed by atoms with E-state index in [0.717, 1.165) is 17.9 Å². The molecule has 0 aromatic rings. The predicted molar refractivity (Wildman–Crippen MR) is 68.7 cm³/mol. The van der Waals surface area contributed by atoms with Crippen LogP contribution in [-0.2, 0) is 0 Å². The summed E-state index contributed by atoms with van der Waals surface area (Å²) in [6.07, 6.45) is 2.78. The molecule has 0 aliphatic carbocycles. The molecule has 3 heteroatoms. The predicted octanol–water partition coefficient (Wildman–Crippen LogP) is 0.868. The van der Waals surface area contributed by atoms with Gasteiger partial charge in [0, 0.05) is 19.1 Å². The summed E-state index contributed by atoms with van der Waals surface area (Å²) < 4.78 is 0. The van der Waals surface area contributed by atoms with E-state index >= 15 is 0 Å². The van der Waals surface area contributed by atoms with E-state index < -0.39 is 0 Å². The number of likely N-dealkylation sites (tertiary alicyclic amines) is 1. The maximum Gasteiger partial charge on any atom is 0.0258 e. The molecule has 1 N–H and O–H groups in total. The molecule has 0 saturated carbocycles. The molecule has 94 valence electrons. The minimum atomic E-state index is 0.806. The van der Waals surface area contributed by atoms with Crippen LogP contribution in [0.15, 0.2) is 0 Å². The van der Waals surface area contributed by atoms with E-state index in [1.807, 2.05) is 0 Å². The highest BCUT2D eigenvalue weighted by Crippen LogP contribution is 2.23. The normalized spacial score (nSPS) is 33.8. The number of hydrogen-bond donors (Lipinski definition) is 1. The zero-order valence-corrected chi connectivity index (χ0v) is 11.1. The number of hydrogen-bond acceptors (Lipinski definition) is 3. The van der Waals surface area contributed by atoms with Gasteiger partial charge in [0.05, 0.1) is 0 Å². The van der Waals surface area contributed by atoms with Crippen LogP contribution in [0, 0.1) is 11.8 Å². The van der Waals surface area contributed by atoms with Crippen LogP contribution in [0.25, 0.3) is 0 Å². The third-order valence-corrected chi connectivity index (χ3v) is 4.22. The number of rotatable bonds is 3. The van der Waals surface area contributed by atoms with E-state index in [-0.39, 0.29) is 0 Å². The Morgan fingerprint density at radius 3 is 2.38 bits per heavy atom. The molecule has 2 fully saturated rings. The quantitative estimate of drug-likeness (QED) is 0.769. The van der Waals surface area contributed by atoms with E-state index in [0.29, 0.717) is 0 Å². The average Bonchev–Trinajstić information content (AvgIpc) is 2.65. The number of nitrogens with one attached hydrogen (secondary N) is 1. The van der Waals surface area contributed by atoms with Crippen molar-refractivity contribution >= 4 is 0 Å². The molecule has 0 radical (unpaired) electrons. The van der Waals surface area contributed by atoms with Crippen molar-refractivity contribution in [3.63, 3.8) is 0 Å². The van der Waals surface area contributed by atoms with Gasteiger partial charge in [-0.2, -0.15) is 0 Å². The van der Waals surface area contributed by atoms with E-state index in [9.17, 15) is 0 Å². The zero-order chi connectivity index (χ0) is 11.5. The summed E-state index contributed by atoms with van der Waals surface area (Å²) in [6, 6.07) is 0.806. The van der Waals surface area contributed by atoms with Crippen molar-refractivity contribution in [3.8, 4) is 0 Å². The van der Waals surface area contributed by atoms with Crippen LogP contribution in [0.1, 0.15) is 19.8 Å². The van der Waals surface area contributed by atoms with Gasteiger partial charge >= 0.3 is 0 Å². The third-order valence-electron chi connectivity index (χ3n) is 4.22. The Hall–Kier alpha value is -0.120. The lowest BCUT2D eigenvalue weighted by atomic mass is 9.93. The standard InChI is InChI=1S/C13H27N3/c1-11-8-14-9-13(11)16-6-4-12(5-7-16)10-15(2)3/h11-14H,4-10H2,1-3H3. The first kappa shape index (κ1) is 12.3. The van der Waals surface area contributed by atoms with Gasteiger partial charge in [0.1, 0.15) is 0 Å². The maximum absolute atomic E-state index is 3.51. The van der Waals surface area contributed by atoms with Gasteiger partial charge in [-0.3, -0.25) is 4.90 Å². The van der Waals surface area contributed by atoms with Crippen LogP contribution in [0.5, 0.6) is 0 Å². The van der Waals surface area contributed by atoms with Crippen LogP contribution >= 0.6 is 0 Å². The van der Waals surface area contributed by atoms with Crippen LogP contribution in [0.3, 0.4) is 0 Å². The molecular weight excluding hydrogens is 198 g/mol. The molecular formula is C13H27N3. The lowest BCUT2D eigenvalue weighted by molar-refractivity contribution is 0.110. The third kappa shape index (κ3) is 2.96. The SMILES string of the molecule is CC1CNCC1N1CCC(CN(C)C)CC1. The van der Waals surface area contributed by atoms with Crippen LogP contribution < -0.4 is 5.32 Å². The molecule has 0 bridgehead atoms. The van der Waals surface area contributed by atoms with Gasteiger partial charge < -0.3 is 10.2 Å². The highest BCUT2D eigenvalue weighted by molar-refractivity contribution is 4.88. The highest BCUT2D eigenvalue weighted by atomic mass is 15.2. The molecule has 2 aliphatic heterocycles. The monoisotopic (exact) mass is 225 g/mol. The molecule has 2 heterocycles. The van der Waals surface area contributed by atoms with Crippen LogP contribution in [-0.4, -0.2) is 62.7 Å². The Morgan fingerprint density at radius 2 is 1.88 bits per heavy atom. The second kappa shape index (κ2) is 5.48. The van der Waals surface area contributed by atoms with Crippen molar-refractivity contribution in [2.24, 2.45) is 11.8 Å². The highest BCUT2D eigenvalue weighted by Gasteiger charge is 2.31. The Bertz CT molecular complexity index is 209. The lowest BCUT2D eigenvalue weighted by Crippen LogP contribution is -2.46. The minimum Gasteiger partial charge on any atom is -0.315 e.